The molecule has 0 aromatic carbocycles. The van der Waals surface area contributed by atoms with E-state index in [1.807, 2.05) is 0 Å². The fourth-order valence-corrected chi connectivity index (χ4v) is 0.585. The molecule has 0 fully saturated rings. The van der Waals surface area contributed by atoms with Crippen LogP contribution in [0.3, 0.4) is 0 Å². The van der Waals surface area contributed by atoms with Crippen molar-refractivity contribution in [3.63, 3.8) is 0 Å². The van der Waals surface area contributed by atoms with Gasteiger partial charge in [-0.3, -0.25) is 0 Å². The molecule has 0 aliphatic heterocycles. The van der Waals surface area contributed by atoms with E-state index in [1.165, 1.54) is 0 Å². The van der Waals surface area contributed by atoms with Gasteiger partial charge in [-0.15, -0.1) is 10.2 Å². The highest BCUT2D eigenvalue weighted by molar-refractivity contribution is 5.84. The molecule has 1 aromatic heterocycles. The van der Waals surface area contributed by atoms with Gasteiger partial charge in [-0.1, -0.05) is 4.80 Å². The predicted octanol–water partition coefficient (Wildman–Crippen LogP) is 0.245. The molecule has 6 nitrogen and oxygen atoms in total. The summed E-state index contributed by atoms with van der Waals surface area (Å²) < 4.78 is 28.2. The first-order valence-electron chi connectivity index (χ1n) is 3.40. The summed E-state index contributed by atoms with van der Waals surface area (Å²) in [5.74, 6) is -1.34. The van der Waals surface area contributed by atoms with Crippen LogP contribution in [0, 0.1) is 0 Å². The van der Waals surface area contributed by atoms with Gasteiger partial charge in [0.25, 0.3) is 5.82 Å². The van der Waals surface area contributed by atoms with E-state index in [2.05, 4.69) is 20.1 Å². The minimum atomic E-state index is -2.91. The third kappa shape index (κ3) is 2.17. The van der Waals surface area contributed by atoms with E-state index in [0.29, 0.717) is 0 Å². The summed E-state index contributed by atoms with van der Waals surface area (Å²) in [6.45, 7) is -1.20. The Labute approximate surface area is 71.5 Å². The van der Waals surface area contributed by atoms with E-state index < -0.39 is 18.3 Å². The number of alkyl halides is 2. The summed E-state index contributed by atoms with van der Waals surface area (Å²) in [5, 5.41) is 9.13. The van der Waals surface area contributed by atoms with Gasteiger partial charge in [0.1, 0.15) is 0 Å². The standard InChI is InChI=1S/C5H6F2N4O2/c1-2-13-4(12)3-8-10-11(9-3)5(6)7/h5H,2H2,1H3. The second kappa shape index (κ2) is 3.87. The van der Waals surface area contributed by atoms with Crippen molar-refractivity contribution < 1.29 is 18.3 Å². The summed E-state index contributed by atoms with van der Waals surface area (Å²) in [6.07, 6.45) is 0. The van der Waals surface area contributed by atoms with Crippen LogP contribution < -0.4 is 0 Å². The topological polar surface area (TPSA) is 69.9 Å². The van der Waals surface area contributed by atoms with Gasteiger partial charge in [-0.05, 0) is 12.1 Å². The van der Waals surface area contributed by atoms with Gasteiger partial charge < -0.3 is 4.74 Å². The minimum Gasteiger partial charge on any atom is -0.460 e. The van der Waals surface area contributed by atoms with Gasteiger partial charge >= 0.3 is 12.5 Å². The lowest BCUT2D eigenvalue weighted by Crippen LogP contribution is -2.08. The Bertz CT molecular complexity index is 300. The van der Waals surface area contributed by atoms with E-state index in [0.717, 1.165) is 0 Å². The number of hydrogen-bond donors (Lipinski definition) is 0. The second-order valence-corrected chi connectivity index (χ2v) is 1.93. The van der Waals surface area contributed by atoms with E-state index >= 15 is 0 Å². The Kier molecular flexibility index (Phi) is 2.83. The van der Waals surface area contributed by atoms with Gasteiger partial charge in [0.2, 0.25) is 0 Å². The zero-order valence-electron chi connectivity index (χ0n) is 6.65. The highest BCUT2D eigenvalue weighted by Gasteiger charge is 2.17. The number of esters is 1. The van der Waals surface area contributed by atoms with Crippen LogP contribution in [0.5, 0.6) is 0 Å². The van der Waals surface area contributed by atoms with Gasteiger partial charge in [0.05, 0.1) is 6.61 Å². The van der Waals surface area contributed by atoms with Crippen LogP contribution in [0.15, 0.2) is 0 Å². The third-order valence-electron chi connectivity index (χ3n) is 1.06. The monoisotopic (exact) mass is 192 g/mol. The minimum absolute atomic E-state index is 0.0340. The molecule has 0 saturated carbocycles. The molecule has 0 N–H and O–H groups in total. The number of nitrogens with zero attached hydrogens (tertiary/aromatic N) is 4. The van der Waals surface area contributed by atoms with E-state index in [9.17, 15) is 13.6 Å². The molecular formula is C5H6F2N4O2. The molecule has 1 aromatic rings. The molecule has 0 spiro atoms. The van der Waals surface area contributed by atoms with E-state index in [4.69, 9.17) is 0 Å². The molecule has 0 unspecified atom stereocenters. The smallest absolute Gasteiger partial charge is 0.380 e. The molecule has 0 saturated heterocycles. The van der Waals surface area contributed by atoms with Crippen LogP contribution in [-0.4, -0.2) is 32.8 Å². The summed E-state index contributed by atoms with van der Waals surface area (Å²) in [6, 6.07) is 0. The lowest BCUT2D eigenvalue weighted by molar-refractivity contribution is 0.0382. The number of rotatable bonds is 3. The van der Waals surface area contributed by atoms with Crippen molar-refractivity contribution in [2.24, 2.45) is 0 Å². The van der Waals surface area contributed by atoms with Gasteiger partial charge in [-0.25, -0.2) is 4.79 Å². The molecule has 1 heterocycles. The Morgan fingerprint density at radius 2 is 2.38 bits per heavy atom. The van der Waals surface area contributed by atoms with Gasteiger partial charge in [-0.2, -0.15) is 8.78 Å². The zero-order valence-corrected chi connectivity index (χ0v) is 6.65. The molecule has 0 atom stereocenters. The maximum Gasteiger partial charge on any atom is 0.380 e. The van der Waals surface area contributed by atoms with Crippen LogP contribution >= 0.6 is 0 Å². The summed E-state index contributed by atoms with van der Waals surface area (Å²) in [5.41, 5.74) is 0. The number of carbonyl (C=O) groups is 1. The van der Waals surface area contributed by atoms with E-state index in [1.54, 1.807) is 6.92 Å². The fraction of sp³-hybridized carbons (Fsp3) is 0.600. The third-order valence-corrected chi connectivity index (χ3v) is 1.06. The predicted molar refractivity (Wildman–Crippen MR) is 35.0 cm³/mol. The molecule has 8 heteroatoms. The fourth-order valence-electron chi connectivity index (χ4n) is 0.585. The molecule has 0 aliphatic rings. The van der Waals surface area contributed by atoms with Crippen molar-refractivity contribution in [1.29, 1.82) is 0 Å². The highest BCUT2D eigenvalue weighted by atomic mass is 19.3. The van der Waals surface area contributed by atoms with Crippen LogP contribution in [0.4, 0.5) is 8.78 Å². The maximum atomic E-state index is 11.9. The van der Waals surface area contributed by atoms with Crippen molar-refractivity contribution in [2.75, 3.05) is 6.61 Å². The lowest BCUT2D eigenvalue weighted by Gasteiger charge is -1.94. The van der Waals surface area contributed by atoms with Crippen molar-refractivity contribution in [1.82, 2.24) is 20.2 Å². The quantitative estimate of drug-likeness (QED) is 0.642. The summed E-state index contributed by atoms with van der Waals surface area (Å²) in [4.78, 5) is 10.9. The Hall–Kier alpha value is -1.60. The Balaban J connectivity index is 2.73. The molecule has 0 amide bonds. The van der Waals surface area contributed by atoms with Crippen LogP contribution in [-0.2, 0) is 4.74 Å². The average Bonchev–Trinajstić information content (AvgIpc) is 2.52. The molecular weight excluding hydrogens is 186 g/mol. The van der Waals surface area contributed by atoms with Crippen LogP contribution in [0.2, 0.25) is 0 Å². The van der Waals surface area contributed by atoms with Crippen molar-refractivity contribution in [2.45, 2.75) is 13.5 Å². The number of carbonyl (C=O) groups excluding carboxylic acids is 1. The van der Waals surface area contributed by atoms with Crippen molar-refractivity contribution in [3.8, 4) is 0 Å². The SMILES string of the molecule is CCOC(=O)c1nnn(C(F)F)n1. The average molecular weight is 192 g/mol. The Morgan fingerprint density at radius 1 is 1.69 bits per heavy atom. The number of aromatic nitrogens is 4. The molecule has 0 aliphatic carbocycles. The van der Waals surface area contributed by atoms with Gasteiger partial charge in [0, 0.05) is 0 Å². The van der Waals surface area contributed by atoms with Crippen molar-refractivity contribution in [3.05, 3.63) is 5.82 Å². The normalized spacial score (nSPS) is 10.5. The first kappa shape index (κ1) is 9.49. The first-order valence-corrected chi connectivity index (χ1v) is 3.40. The van der Waals surface area contributed by atoms with Crippen LogP contribution in [0.25, 0.3) is 0 Å². The molecule has 0 radical (unpaired) electrons. The summed E-state index contributed by atoms with van der Waals surface area (Å²) in [7, 11) is 0. The molecule has 72 valence electrons. The molecule has 1 rings (SSSR count). The molecule has 0 bridgehead atoms. The number of hydrogen-bond acceptors (Lipinski definition) is 5. The van der Waals surface area contributed by atoms with Crippen molar-refractivity contribution >= 4 is 5.97 Å². The Morgan fingerprint density at radius 3 is 2.85 bits per heavy atom. The first-order chi connectivity index (χ1) is 6.15. The van der Waals surface area contributed by atoms with Crippen LogP contribution in [0.1, 0.15) is 24.1 Å². The second-order valence-electron chi connectivity index (χ2n) is 1.93. The molecule has 13 heavy (non-hydrogen) atoms. The highest BCUT2D eigenvalue weighted by Crippen LogP contribution is 2.04. The zero-order chi connectivity index (χ0) is 9.84. The number of tetrazole rings is 1. The summed E-state index contributed by atoms with van der Waals surface area (Å²) >= 11 is 0. The largest absolute Gasteiger partial charge is 0.460 e. The van der Waals surface area contributed by atoms with E-state index in [-0.39, 0.29) is 11.4 Å². The maximum absolute atomic E-state index is 11.9. The number of ether oxygens (including phenoxy) is 1. The number of halogens is 2. The van der Waals surface area contributed by atoms with Gasteiger partial charge in [0.15, 0.2) is 0 Å². The lowest BCUT2D eigenvalue weighted by atomic mass is 10.6.